The van der Waals surface area contributed by atoms with Crippen molar-refractivity contribution >= 4 is 17.5 Å². The van der Waals surface area contributed by atoms with Crippen molar-refractivity contribution in [2.45, 2.75) is 72.3 Å². The largest absolute Gasteiger partial charge is 0.469 e. The van der Waals surface area contributed by atoms with Gasteiger partial charge in [0.1, 0.15) is 0 Å². The highest BCUT2D eigenvalue weighted by Gasteiger charge is 2.30. The fourth-order valence-corrected chi connectivity index (χ4v) is 3.08. The van der Waals surface area contributed by atoms with Crippen LogP contribution in [0.4, 0.5) is 0 Å². The van der Waals surface area contributed by atoms with E-state index in [1.807, 2.05) is 0 Å². The highest BCUT2D eigenvalue weighted by atomic mass is 16.5. The molecule has 0 aromatic rings. The predicted octanol–water partition coefficient (Wildman–Crippen LogP) is 3.30. The molecule has 0 amide bonds. The molecule has 140 valence electrons. The summed E-state index contributed by atoms with van der Waals surface area (Å²) < 4.78 is 4.69. The van der Waals surface area contributed by atoms with Gasteiger partial charge in [-0.3, -0.25) is 14.4 Å². The number of hydrogen-bond donors (Lipinski definition) is 1. The highest BCUT2D eigenvalue weighted by Crippen LogP contribution is 2.30. The van der Waals surface area contributed by atoms with E-state index in [0.717, 1.165) is 0 Å². The van der Waals surface area contributed by atoms with Gasteiger partial charge < -0.3 is 9.84 Å². The van der Waals surface area contributed by atoms with Gasteiger partial charge in [0, 0.05) is 22.3 Å². The maximum Gasteiger partial charge on any atom is 0.308 e. The molecule has 0 heterocycles. The third-order valence-electron chi connectivity index (χ3n) is 5.18. The number of methoxy groups -OCH3 is 1. The number of esters is 1. The fourth-order valence-electron chi connectivity index (χ4n) is 3.08. The lowest BCUT2D eigenvalue weighted by molar-refractivity contribution is -0.145. The van der Waals surface area contributed by atoms with E-state index in [-0.39, 0.29) is 23.5 Å². The molecule has 25 heavy (non-hydrogen) atoms. The second-order valence-electron chi connectivity index (χ2n) is 7.33. The standard InChI is InChI=1S/C20H30O5/c1-12(19(23)25-6)8-7-10-20(5,24)11-9-16-15(4)17(21)13(2)14(3)18(16)22/h12,24H,7-11H2,1-6H3/t12-,20-/m1/s1. The average molecular weight is 350 g/mol. The number of Topliss-reactive ketones (excluding diaryl/α,β-unsaturated/α-hetero) is 2. The van der Waals surface area contributed by atoms with Gasteiger partial charge in [0.05, 0.1) is 18.6 Å². The summed E-state index contributed by atoms with van der Waals surface area (Å²) in [6, 6.07) is 0. The molecule has 1 N–H and O–H groups in total. The monoisotopic (exact) mass is 350 g/mol. The SMILES string of the molecule is COC(=O)[C@H](C)CCC[C@@](C)(O)CCC1=C(C)C(=O)C(C)=C(C)C1=O. The van der Waals surface area contributed by atoms with Gasteiger partial charge in [-0.15, -0.1) is 0 Å². The Balaban J connectivity index is 2.63. The average Bonchev–Trinajstić information content (AvgIpc) is 2.57. The van der Waals surface area contributed by atoms with Gasteiger partial charge in [-0.1, -0.05) is 6.92 Å². The summed E-state index contributed by atoms with van der Waals surface area (Å²) in [5.74, 6) is -0.619. The molecule has 0 spiro atoms. The van der Waals surface area contributed by atoms with Gasteiger partial charge in [0.2, 0.25) is 0 Å². The molecule has 0 fully saturated rings. The van der Waals surface area contributed by atoms with Crippen LogP contribution in [0.3, 0.4) is 0 Å². The van der Waals surface area contributed by atoms with E-state index >= 15 is 0 Å². The van der Waals surface area contributed by atoms with E-state index in [2.05, 4.69) is 0 Å². The molecule has 0 unspecified atom stereocenters. The lowest BCUT2D eigenvalue weighted by Crippen LogP contribution is -2.27. The first-order valence-electron chi connectivity index (χ1n) is 8.78. The Morgan fingerprint density at radius 1 is 1.08 bits per heavy atom. The molecule has 5 nitrogen and oxygen atoms in total. The first-order valence-corrected chi connectivity index (χ1v) is 8.78. The fraction of sp³-hybridized carbons (Fsp3) is 0.650. The molecule has 0 radical (unpaired) electrons. The third-order valence-corrected chi connectivity index (χ3v) is 5.18. The van der Waals surface area contributed by atoms with Crippen molar-refractivity contribution < 1.29 is 24.2 Å². The molecule has 0 bridgehead atoms. The normalized spacial score (nSPS) is 19.2. The molecule has 0 saturated carbocycles. The molecule has 0 aliphatic heterocycles. The van der Waals surface area contributed by atoms with Crippen LogP contribution in [-0.2, 0) is 19.1 Å². The second kappa shape index (κ2) is 8.56. The molecule has 1 aliphatic carbocycles. The number of aliphatic hydroxyl groups is 1. The Bertz CT molecular complexity index is 622. The van der Waals surface area contributed by atoms with Crippen molar-refractivity contribution in [2.75, 3.05) is 7.11 Å². The van der Waals surface area contributed by atoms with Crippen LogP contribution in [0.25, 0.3) is 0 Å². The van der Waals surface area contributed by atoms with Crippen LogP contribution >= 0.6 is 0 Å². The van der Waals surface area contributed by atoms with Crippen LogP contribution in [0.15, 0.2) is 22.3 Å². The molecule has 5 heteroatoms. The van der Waals surface area contributed by atoms with E-state index < -0.39 is 5.60 Å². The first-order chi connectivity index (χ1) is 11.5. The Hall–Kier alpha value is -1.75. The molecular formula is C20H30O5. The number of carbonyl (C=O) groups excluding carboxylic acids is 3. The van der Waals surface area contributed by atoms with Crippen LogP contribution in [0.1, 0.15) is 66.7 Å². The van der Waals surface area contributed by atoms with Crippen molar-refractivity contribution in [1.82, 2.24) is 0 Å². The zero-order valence-electron chi connectivity index (χ0n) is 16.2. The molecular weight excluding hydrogens is 320 g/mol. The van der Waals surface area contributed by atoms with Crippen LogP contribution in [-0.4, -0.2) is 35.4 Å². The Morgan fingerprint density at radius 3 is 2.20 bits per heavy atom. The van der Waals surface area contributed by atoms with Crippen molar-refractivity contribution in [3.8, 4) is 0 Å². The van der Waals surface area contributed by atoms with E-state index in [1.165, 1.54) is 7.11 Å². The number of allylic oxidation sites excluding steroid dienone is 4. The van der Waals surface area contributed by atoms with E-state index in [1.54, 1.807) is 34.6 Å². The van der Waals surface area contributed by atoms with E-state index in [4.69, 9.17) is 4.74 Å². The third kappa shape index (κ3) is 5.36. The second-order valence-corrected chi connectivity index (χ2v) is 7.33. The summed E-state index contributed by atoms with van der Waals surface area (Å²) in [5.41, 5.74) is 1.06. The van der Waals surface area contributed by atoms with E-state index in [9.17, 15) is 19.5 Å². The maximum atomic E-state index is 12.4. The van der Waals surface area contributed by atoms with Crippen molar-refractivity contribution in [3.05, 3.63) is 22.3 Å². The Labute approximate surface area is 150 Å². The molecule has 1 rings (SSSR count). The van der Waals surface area contributed by atoms with Crippen LogP contribution < -0.4 is 0 Å². The van der Waals surface area contributed by atoms with Gasteiger partial charge in [-0.2, -0.15) is 0 Å². The van der Waals surface area contributed by atoms with Crippen LogP contribution in [0.5, 0.6) is 0 Å². The van der Waals surface area contributed by atoms with Crippen LogP contribution in [0, 0.1) is 5.92 Å². The number of hydrogen-bond acceptors (Lipinski definition) is 5. The summed E-state index contributed by atoms with van der Waals surface area (Å²) in [6.07, 6.45) is 2.63. The summed E-state index contributed by atoms with van der Waals surface area (Å²) in [4.78, 5) is 36.0. The lowest BCUT2D eigenvalue weighted by atomic mass is 9.81. The van der Waals surface area contributed by atoms with Gasteiger partial charge in [-0.05, 0) is 59.8 Å². The Kier molecular flexibility index (Phi) is 7.29. The van der Waals surface area contributed by atoms with Crippen molar-refractivity contribution in [2.24, 2.45) is 5.92 Å². The smallest absolute Gasteiger partial charge is 0.308 e. The highest BCUT2D eigenvalue weighted by molar-refractivity contribution is 6.24. The van der Waals surface area contributed by atoms with E-state index in [0.29, 0.717) is 54.4 Å². The molecule has 0 saturated heterocycles. The van der Waals surface area contributed by atoms with Gasteiger partial charge in [0.25, 0.3) is 0 Å². The zero-order valence-corrected chi connectivity index (χ0v) is 16.2. The van der Waals surface area contributed by atoms with Crippen molar-refractivity contribution in [3.63, 3.8) is 0 Å². The number of carbonyl (C=O) groups is 3. The summed E-state index contributed by atoms with van der Waals surface area (Å²) in [5, 5.41) is 10.6. The topological polar surface area (TPSA) is 80.7 Å². The minimum atomic E-state index is -0.948. The van der Waals surface area contributed by atoms with Gasteiger partial charge in [0.15, 0.2) is 11.6 Å². The number of ketones is 2. The molecule has 2 atom stereocenters. The summed E-state index contributed by atoms with van der Waals surface area (Å²) in [7, 11) is 1.37. The minimum absolute atomic E-state index is 0.0846. The first kappa shape index (κ1) is 21.3. The number of rotatable bonds is 8. The van der Waals surface area contributed by atoms with Gasteiger partial charge in [-0.25, -0.2) is 0 Å². The minimum Gasteiger partial charge on any atom is -0.469 e. The van der Waals surface area contributed by atoms with Crippen molar-refractivity contribution in [1.29, 1.82) is 0 Å². The summed E-state index contributed by atoms with van der Waals surface area (Å²) >= 11 is 0. The quantitative estimate of drug-likeness (QED) is 0.536. The predicted molar refractivity (Wildman–Crippen MR) is 96.0 cm³/mol. The summed E-state index contributed by atoms with van der Waals surface area (Å²) in [6.45, 7) is 8.56. The zero-order chi connectivity index (χ0) is 19.4. The molecule has 0 aromatic heterocycles. The van der Waals surface area contributed by atoms with Crippen LogP contribution in [0.2, 0.25) is 0 Å². The van der Waals surface area contributed by atoms with Gasteiger partial charge >= 0.3 is 5.97 Å². The maximum absolute atomic E-state index is 12.4. The Morgan fingerprint density at radius 2 is 1.64 bits per heavy atom. The lowest BCUT2D eigenvalue weighted by Gasteiger charge is -2.26. The number of ether oxygens (including phenoxy) is 1. The molecule has 0 aromatic carbocycles. The molecule has 1 aliphatic rings.